The lowest BCUT2D eigenvalue weighted by atomic mass is 10.0. The van der Waals surface area contributed by atoms with Crippen molar-refractivity contribution in [1.29, 1.82) is 0 Å². The average Bonchev–Trinajstić information content (AvgIpc) is 3.31. The van der Waals surface area contributed by atoms with Gasteiger partial charge in [-0.15, -0.1) is 0 Å². The molecule has 1 saturated carbocycles. The topological polar surface area (TPSA) is 86.7 Å². The third kappa shape index (κ3) is 3.17. The Kier molecular flexibility index (Phi) is 4.26. The molecule has 0 bridgehead atoms. The highest BCUT2D eigenvalue weighted by atomic mass is 35.5. The Morgan fingerprint density at radius 3 is 2.65 bits per heavy atom. The molecular weight excluding hydrogens is 320 g/mol. The van der Waals surface area contributed by atoms with Crippen molar-refractivity contribution in [2.45, 2.75) is 25.3 Å². The third-order valence-electron chi connectivity index (χ3n) is 4.34. The molecule has 7 heteroatoms. The number of nitrogens with one attached hydrogen (secondary N) is 1. The number of anilines is 1. The highest BCUT2D eigenvalue weighted by Crippen LogP contribution is 2.39. The van der Waals surface area contributed by atoms with E-state index in [0.29, 0.717) is 30.1 Å². The minimum Gasteiger partial charge on any atom is -0.481 e. The van der Waals surface area contributed by atoms with Crippen molar-refractivity contribution < 1.29 is 19.5 Å². The lowest BCUT2D eigenvalue weighted by Crippen LogP contribution is -2.53. The Morgan fingerprint density at radius 2 is 2.00 bits per heavy atom. The molecule has 2 N–H and O–H groups in total. The van der Waals surface area contributed by atoms with Crippen LogP contribution in [0.3, 0.4) is 0 Å². The predicted molar refractivity (Wildman–Crippen MR) is 84.2 cm³/mol. The van der Waals surface area contributed by atoms with Gasteiger partial charge in [0.25, 0.3) is 0 Å². The van der Waals surface area contributed by atoms with Crippen LogP contribution in [0.1, 0.15) is 19.3 Å². The Hall–Kier alpha value is -2.08. The molecule has 1 saturated heterocycles. The zero-order valence-electron chi connectivity index (χ0n) is 12.4. The number of nitrogens with zero attached hydrogens (tertiary/aromatic N) is 1. The van der Waals surface area contributed by atoms with E-state index in [1.165, 1.54) is 0 Å². The summed E-state index contributed by atoms with van der Waals surface area (Å²) < 4.78 is 0. The molecule has 0 radical (unpaired) electrons. The third-order valence-corrected chi connectivity index (χ3v) is 4.66. The van der Waals surface area contributed by atoms with E-state index in [-0.39, 0.29) is 11.8 Å². The van der Waals surface area contributed by atoms with Crippen LogP contribution in [-0.2, 0) is 14.4 Å². The Balaban J connectivity index is 1.67. The summed E-state index contributed by atoms with van der Waals surface area (Å²) in [5.74, 6) is -2.65. The van der Waals surface area contributed by atoms with Crippen molar-refractivity contribution >= 4 is 35.1 Å². The average molecular weight is 337 g/mol. The summed E-state index contributed by atoms with van der Waals surface area (Å²) in [5, 5.41) is 12.1. The van der Waals surface area contributed by atoms with Crippen LogP contribution in [-0.4, -0.2) is 35.5 Å². The quantitative estimate of drug-likeness (QED) is 0.875. The summed E-state index contributed by atoms with van der Waals surface area (Å²) in [7, 11) is 0. The molecule has 6 nitrogen and oxygen atoms in total. The van der Waals surface area contributed by atoms with E-state index in [1.807, 2.05) is 0 Å². The van der Waals surface area contributed by atoms with Gasteiger partial charge in [-0.1, -0.05) is 23.7 Å². The zero-order chi connectivity index (χ0) is 16.6. The molecule has 1 aromatic rings. The van der Waals surface area contributed by atoms with Crippen molar-refractivity contribution in [3.8, 4) is 0 Å². The summed E-state index contributed by atoms with van der Waals surface area (Å²) in [6, 6.07) is 6.46. The molecule has 1 aromatic carbocycles. The first-order chi connectivity index (χ1) is 11.0. The molecule has 3 rings (SSSR count). The largest absolute Gasteiger partial charge is 0.481 e. The fourth-order valence-electron chi connectivity index (χ4n) is 2.96. The maximum Gasteiger partial charge on any atom is 0.307 e. The van der Waals surface area contributed by atoms with Crippen LogP contribution in [0.15, 0.2) is 24.3 Å². The van der Waals surface area contributed by atoms with Crippen LogP contribution in [0.2, 0.25) is 5.02 Å². The highest BCUT2D eigenvalue weighted by molar-refractivity contribution is 6.33. The van der Waals surface area contributed by atoms with Gasteiger partial charge in [0.05, 0.1) is 22.5 Å². The predicted octanol–water partition coefficient (Wildman–Crippen LogP) is 1.67. The van der Waals surface area contributed by atoms with E-state index in [2.05, 4.69) is 5.32 Å². The van der Waals surface area contributed by atoms with E-state index in [9.17, 15) is 14.4 Å². The summed E-state index contributed by atoms with van der Waals surface area (Å²) in [6.45, 7) is 0.552. The van der Waals surface area contributed by atoms with Crippen LogP contribution < -0.4 is 10.2 Å². The maximum absolute atomic E-state index is 12.6. The second-order valence-corrected chi connectivity index (χ2v) is 6.34. The number of para-hydroxylation sites is 1. The minimum atomic E-state index is -0.960. The SMILES string of the molecule is O=C(O)[C@@H]1C[C@H]1C(=O)N[C@H]1CCCN(c2ccccc2Cl)C1=O. The van der Waals surface area contributed by atoms with E-state index < -0.39 is 23.8 Å². The summed E-state index contributed by atoms with van der Waals surface area (Å²) in [4.78, 5) is 37.1. The number of aliphatic carboxylic acids is 1. The Morgan fingerprint density at radius 1 is 1.26 bits per heavy atom. The van der Waals surface area contributed by atoms with Gasteiger partial charge in [-0.25, -0.2) is 0 Å². The highest BCUT2D eigenvalue weighted by Gasteiger charge is 2.49. The monoisotopic (exact) mass is 336 g/mol. The van der Waals surface area contributed by atoms with Crippen LogP contribution in [0.4, 0.5) is 5.69 Å². The van der Waals surface area contributed by atoms with Crippen LogP contribution in [0.25, 0.3) is 0 Å². The Bertz CT molecular complexity index is 663. The number of piperidine rings is 1. The zero-order valence-corrected chi connectivity index (χ0v) is 13.1. The van der Waals surface area contributed by atoms with Crippen LogP contribution in [0, 0.1) is 11.8 Å². The molecule has 1 aliphatic carbocycles. The molecule has 1 heterocycles. The second-order valence-electron chi connectivity index (χ2n) is 5.93. The number of amides is 2. The number of carbonyl (C=O) groups excluding carboxylic acids is 2. The van der Waals surface area contributed by atoms with Gasteiger partial charge in [0.15, 0.2) is 0 Å². The molecule has 2 amide bonds. The second kappa shape index (κ2) is 6.20. The Labute approximate surface area is 138 Å². The molecule has 23 heavy (non-hydrogen) atoms. The molecular formula is C16H17ClN2O4. The molecule has 2 aliphatic rings. The summed E-state index contributed by atoms with van der Waals surface area (Å²) >= 11 is 6.14. The standard InChI is InChI=1S/C16H17ClN2O4/c17-11-4-1-2-6-13(11)19-7-3-5-12(15(19)21)18-14(20)9-8-10(9)16(22)23/h1-2,4,6,9-10,12H,3,5,7-8H2,(H,18,20)(H,22,23)/t9-,10-,12+/m1/s1. The van der Waals surface area contributed by atoms with E-state index in [1.54, 1.807) is 29.2 Å². The van der Waals surface area contributed by atoms with E-state index >= 15 is 0 Å². The van der Waals surface area contributed by atoms with Crippen molar-refractivity contribution in [3.05, 3.63) is 29.3 Å². The smallest absolute Gasteiger partial charge is 0.307 e. The first-order valence-electron chi connectivity index (χ1n) is 7.58. The molecule has 2 fully saturated rings. The lowest BCUT2D eigenvalue weighted by Gasteiger charge is -2.33. The van der Waals surface area contributed by atoms with Crippen molar-refractivity contribution in [2.24, 2.45) is 11.8 Å². The molecule has 3 atom stereocenters. The molecule has 122 valence electrons. The van der Waals surface area contributed by atoms with Gasteiger partial charge in [-0.3, -0.25) is 14.4 Å². The van der Waals surface area contributed by atoms with Crippen LogP contribution in [0.5, 0.6) is 0 Å². The molecule has 0 spiro atoms. The van der Waals surface area contributed by atoms with Gasteiger partial charge in [0.1, 0.15) is 6.04 Å². The lowest BCUT2D eigenvalue weighted by molar-refractivity contribution is -0.140. The fraction of sp³-hybridized carbons (Fsp3) is 0.438. The van der Waals surface area contributed by atoms with E-state index in [4.69, 9.17) is 16.7 Å². The first-order valence-corrected chi connectivity index (χ1v) is 7.96. The van der Waals surface area contributed by atoms with Crippen molar-refractivity contribution in [2.75, 3.05) is 11.4 Å². The van der Waals surface area contributed by atoms with Gasteiger partial charge >= 0.3 is 5.97 Å². The number of carboxylic acid groups (broad SMARTS) is 1. The molecule has 0 aromatic heterocycles. The summed E-state index contributed by atoms with van der Waals surface area (Å²) in [5.41, 5.74) is 0.632. The van der Waals surface area contributed by atoms with Gasteiger partial charge in [0, 0.05) is 6.54 Å². The fourth-order valence-corrected chi connectivity index (χ4v) is 3.19. The maximum atomic E-state index is 12.6. The van der Waals surface area contributed by atoms with Gasteiger partial charge in [0.2, 0.25) is 11.8 Å². The number of halogens is 1. The van der Waals surface area contributed by atoms with E-state index in [0.717, 1.165) is 6.42 Å². The number of carbonyl (C=O) groups is 3. The minimum absolute atomic E-state index is 0.203. The summed E-state index contributed by atoms with van der Waals surface area (Å²) in [6.07, 6.45) is 1.64. The number of benzene rings is 1. The molecule has 1 aliphatic heterocycles. The van der Waals surface area contributed by atoms with Crippen LogP contribution >= 0.6 is 11.6 Å². The first kappa shape index (κ1) is 15.8. The number of rotatable bonds is 4. The molecule has 0 unspecified atom stereocenters. The normalized spacial score (nSPS) is 26.7. The number of hydrogen-bond donors (Lipinski definition) is 2. The van der Waals surface area contributed by atoms with Gasteiger partial charge in [-0.05, 0) is 31.4 Å². The van der Waals surface area contributed by atoms with Gasteiger partial charge < -0.3 is 15.3 Å². The van der Waals surface area contributed by atoms with Gasteiger partial charge in [-0.2, -0.15) is 0 Å². The van der Waals surface area contributed by atoms with Crippen molar-refractivity contribution in [3.63, 3.8) is 0 Å². The number of carboxylic acids is 1. The number of hydrogen-bond acceptors (Lipinski definition) is 3. The van der Waals surface area contributed by atoms with Crippen molar-refractivity contribution in [1.82, 2.24) is 5.32 Å².